The van der Waals surface area contributed by atoms with E-state index in [2.05, 4.69) is 39.9 Å². The molecule has 0 radical (unpaired) electrons. The molecule has 4 N–H and O–H groups in total. The van der Waals surface area contributed by atoms with Crippen molar-refractivity contribution in [2.45, 2.75) is 91.8 Å². The van der Waals surface area contributed by atoms with Crippen molar-refractivity contribution in [3.63, 3.8) is 0 Å². The van der Waals surface area contributed by atoms with E-state index in [9.17, 15) is 27.2 Å². The average molecular weight is 1050 g/mol. The van der Waals surface area contributed by atoms with Crippen molar-refractivity contribution in [3.05, 3.63) is 236 Å². The molecule has 2 fully saturated rings. The van der Waals surface area contributed by atoms with E-state index in [0.717, 1.165) is 108 Å². The standard InChI is InChI=1S/C31H31F2N3O.C30H30F2N4O.CH4.ClH/c1-3-21-6-5-9-26(16-21)36-29(14-20(2)35-36)30(37)17-23-7-4-8-24(15-23)31(34-19-22-10-11-22)27-13-12-25(32)18-28(27)33;1-19-12-28(36(35-19)25-7-3-5-22(14-25)17-33)29(37)15-21-4-2-6-23(13-21)30(34-18-20-8-9-20)26-11-10-24(31)16-27(26)32;;/h4-9,12-16,18,22,31,34H,3,10-11,17,19H2,1-2H3;2-7,10-14,16,20,30,34H,8-9,15,17-18,33H2,1H3;1H4;1H. The quantitative estimate of drug-likeness (QED) is 0.0514. The summed E-state index contributed by atoms with van der Waals surface area (Å²) >= 11 is 0. The number of carbonyl (C=O) groups excluding carboxylic acids is 2. The van der Waals surface area contributed by atoms with Crippen LogP contribution in [0.1, 0.15) is 129 Å². The molecule has 9 nitrogen and oxygen atoms in total. The van der Waals surface area contributed by atoms with Crippen LogP contribution in [0.3, 0.4) is 0 Å². The van der Waals surface area contributed by atoms with E-state index in [1.165, 1.54) is 29.8 Å². The molecule has 396 valence electrons. The number of nitrogens with one attached hydrogen (secondary N) is 2. The third-order valence-electron chi connectivity index (χ3n) is 13.6. The van der Waals surface area contributed by atoms with Gasteiger partial charge in [-0.25, -0.2) is 26.9 Å². The van der Waals surface area contributed by atoms with Crippen LogP contribution in [0.5, 0.6) is 0 Å². The summed E-state index contributed by atoms with van der Waals surface area (Å²) < 4.78 is 60.1. The zero-order valence-corrected chi connectivity index (χ0v) is 43.2. The zero-order chi connectivity index (χ0) is 51.9. The molecule has 2 aromatic heterocycles. The van der Waals surface area contributed by atoms with Crippen LogP contribution in [-0.4, -0.2) is 44.2 Å². The van der Waals surface area contributed by atoms with Gasteiger partial charge in [0.25, 0.3) is 0 Å². The molecule has 0 spiro atoms. The highest BCUT2D eigenvalue weighted by molar-refractivity contribution is 5.97. The fourth-order valence-corrected chi connectivity index (χ4v) is 9.33. The topological polar surface area (TPSA) is 120 Å². The molecule has 2 aliphatic carbocycles. The number of nitrogens with two attached hydrogens (primary N) is 1. The summed E-state index contributed by atoms with van der Waals surface area (Å²) in [5, 5.41) is 16.1. The van der Waals surface area contributed by atoms with Crippen LogP contribution in [0.15, 0.2) is 146 Å². The highest BCUT2D eigenvalue weighted by Crippen LogP contribution is 2.33. The lowest BCUT2D eigenvalue weighted by molar-refractivity contribution is 0.0977. The van der Waals surface area contributed by atoms with Gasteiger partial charge in [0.15, 0.2) is 11.6 Å². The molecule has 14 heteroatoms. The molecular formula is C62H66ClF4N7O2. The summed E-state index contributed by atoms with van der Waals surface area (Å²) in [6.45, 7) is 7.75. The number of nitrogens with zero attached hydrogens (tertiary/aromatic N) is 4. The maximum absolute atomic E-state index is 14.8. The summed E-state index contributed by atoms with van der Waals surface area (Å²) in [5.41, 5.74) is 16.2. The van der Waals surface area contributed by atoms with Gasteiger partial charge in [-0.1, -0.05) is 99.3 Å². The van der Waals surface area contributed by atoms with E-state index in [-0.39, 0.29) is 44.2 Å². The van der Waals surface area contributed by atoms with Crippen LogP contribution in [0, 0.1) is 49.0 Å². The van der Waals surface area contributed by atoms with Crippen LogP contribution in [0.4, 0.5) is 17.6 Å². The number of Topliss-reactive ketones (excluding diaryl/α,β-unsaturated/α-hetero) is 2. The lowest BCUT2D eigenvalue weighted by atomic mass is 9.95. The van der Waals surface area contributed by atoms with E-state index >= 15 is 0 Å². The lowest BCUT2D eigenvalue weighted by Crippen LogP contribution is -2.25. The number of benzene rings is 6. The van der Waals surface area contributed by atoms with Gasteiger partial charge in [0.2, 0.25) is 0 Å². The van der Waals surface area contributed by atoms with E-state index in [1.807, 2.05) is 105 Å². The van der Waals surface area contributed by atoms with E-state index in [4.69, 9.17) is 5.73 Å². The van der Waals surface area contributed by atoms with Crippen LogP contribution in [0.25, 0.3) is 11.4 Å². The van der Waals surface area contributed by atoms with E-state index in [1.54, 1.807) is 15.4 Å². The summed E-state index contributed by atoms with van der Waals surface area (Å²) in [4.78, 5) is 26.9. The average Bonchev–Trinajstić information content (AvgIpc) is 4.34. The second-order valence-electron chi connectivity index (χ2n) is 19.7. The maximum atomic E-state index is 14.8. The first kappa shape index (κ1) is 56.7. The number of aryl methyl sites for hydroxylation is 3. The summed E-state index contributed by atoms with van der Waals surface area (Å²) in [6.07, 6.45) is 5.88. The van der Waals surface area contributed by atoms with Crippen molar-refractivity contribution >= 4 is 24.0 Å². The molecule has 2 unspecified atom stereocenters. The molecule has 8 aromatic rings. The molecule has 0 saturated heterocycles. The minimum atomic E-state index is -0.606. The maximum Gasteiger partial charge on any atom is 0.185 e. The number of hydrogen-bond donors (Lipinski definition) is 3. The SMILES string of the molecule is C.CCc1cccc(-n2nc(C)cc2C(=O)Cc2cccc(C(NCC3CC3)c3ccc(F)cc3F)c2)c1.Cc1cc(C(=O)Cc2cccc(C(NCC3CC3)c3ccc(F)cc3F)c2)n(-c2cccc(CN)c2)n1.Cl. The summed E-state index contributed by atoms with van der Waals surface area (Å²) in [5.74, 6) is -1.33. The zero-order valence-electron chi connectivity index (χ0n) is 42.3. The third kappa shape index (κ3) is 14.3. The van der Waals surface area contributed by atoms with Crippen LogP contribution in [-0.2, 0) is 25.8 Å². The number of halogens is 5. The monoisotopic (exact) mass is 1050 g/mol. The first-order valence-corrected chi connectivity index (χ1v) is 25.4. The van der Waals surface area contributed by atoms with Crippen LogP contribution < -0.4 is 16.4 Å². The van der Waals surface area contributed by atoms with Crippen molar-refractivity contribution in [1.29, 1.82) is 0 Å². The van der Waals surface area contributed by atoms with E-state index in [0.29, 0.717) is 40.9 Å². The van der Waals surface area contributed by atoms with Crippen molar-refractivity contribution in [2.75, 3.05) is 13.1 Å². The van der Waals surface area contributed by atoms with Gasteiger partial charge in [-0.05, 0) is 153 Å². The van der Waals surface area contributed by atoms with Crippen molar-refractivity contribution in [3.8, 4) is 11.4 Å². The number of carbonyl (C=O) groups is 2. The first-order chi connectivity index (χ1) is 35.8. The van der Waals surface area contributed by atoms with Gasteiger partial charge in [0.05, 0.1) is 34.8 Å². The molecule has 6 aromatic carbocycles. The fourth-order valence-electron chi connectivity index (χ4n) is 9.33. The number of aromatic nitrogens is 4. The molecule has 0 amide bonds. The first-order valence-electron chi connectivity index (χ1n) is 25.4. The molecule has 0 bridgehead atoms. The Labute approximate surface area is 449 Å². The van der Waals surface area contributed by atoms with Crippen molar-refractivity contribution in [1.82, 2.24) is 30.2 Å². The van der Waals surface area contributed by atoms with Crippen LogP contribution >= 0.6 is 12.4 Å². The molecule has 2 atom stereocenters. The van der Waals surface area contributed by atoms with Gasteiger partial charge >= 0.3 is 0 Å². The Bertz CT molecular complexity index is 3080. The minimum Gasteiger partial charge on any atom is -0.326 e. The van der Waals surface area contributed by atoms with Gasteiger partial charge in [0, 0.05) is 42.6 Å². The van der Waals surface area contributed by atoms with Gasteiger partial charge in [-0.2, -0.15) is 10.2 Å². The van der Waals surface area contributed by atoms with Gasteiger partial charge in [0.1, 0.15) is 34.7 Å². The lowest BCUT2D eigenvalue weighted by Gasteiger charge is -2.21. The predicted octanol–water partition coefficient (Wildman–Crippen LogP) is 13.0. The highest BCUT2D eigenvalue weighted by Gasteiger charge is 2.27. The molecule has 10 rings (SSSR count). The summed E-state index contributed by atoms with van der Waals surface area (Å²) in [7, 11) is 0. The molecule has 76 heavy (non-hydrogen) atoms. The molecule has 2 saturated carbocycles. The number of hydrogen-bond acceptors (Lipinski definition) is 7. The third-order valence-corrected chi connectivity index (χ3v) is 13.6. The van der Waals surface area contributed by atoms with Crippen molar-refractivity contribution < 1.29 is 27.2 Å². The Morgan fingerprint density at radius 2 is 0.974 bits per heavy atom. The Morgan fingerprint density at radius 1 is 0.566 bits per heavy atom. The second-order valence-corrected chi connectivity index (χ2v) is 19.7. The van der Waals surface area contributed by atoms with Gasteiger partial charge in [-0.15, -0.1) is 12.4 Å². The fraction of sp³-hybridized carbons (Fsp3) is 0.290. The number of ketones is 2. The molecule has 0 aliphatic heterocycles. The van der Waals surface area contributed by atoms with Gasteiger partial charge < -0.3 is 16.4 Å². The van der Waals surface area contributed by atoms with E-state index < -0.39 is 35.4 Å². The Balaban J connectivity index is 0.000000216. The molecular weight excluding hydrogens is 986 g/mol. The normalized spacial score (nSPS) is 13.7. The Hall–Kier alpha value is -7.03. The second kappa shape index (κ2) is 25.7. The van der Waals surface area contributed by atoms with Gasteiger partial charge in [-0.3, -0.25) is 9.59 Å². The largest absolute Gasteiger partial charge is 0.326 e. The van der Waals surface area contributed by atoms with Crippen molar-refractivity contribution in [2.24, 2.45) is 17.6 Å². The highest BCUT2D eigenvalue weighted by atomic mass is 35.5. The molecule has 2 heterocycles. The predicted molar refractivity (Wildman–Crippen MR) is 295 cm³/mol. The smallest absolute Gasteiger partial charge is 0.185 e. The Kier molecular flexibility index (Phi) is 19.2. The minimum absolute atomic E-state index is 0. The van der Waals surface area contributed by atoms with Crippen LogP contribution in [0.2, 0.25) is 0 Å². The molecule has 2 aliphatic rings. The summed E-state index contributed by atoms with van der Waals surface area (Å²) in [6, 6.07) is 41.1. The Morgan fingerprint density at radius 3 is 1.38 bits per heavy atom. The number of rotatable bonds is 20.